The maximum Gasteiger partial charge on any atom is 0.413 e. The normalized spacial score (nSPS) is 11.7. The third kappa shape index (κ3) is 3.85. The zero-order valence-electron chi connectivity index (χ0n) is 11.2. The molecule has 0 radical (unpaired) electrons. The largest absolute Gasteiger partial charge is 0.454 e. The van der Waals surface area contributed by atoms with Crippen LogP contribution in [0.5, 0.6) is 11.5 Å². The molecule has 1 aliphatic heterocycles. The molecule has 0 unspecified atom stereocenters. The van der Waals surface area contributed by atoms with Gasteiger partial charge in [-0.2, -0.15) is 0 Å². The first-order valence-corrected chi connectivity index (χ1v) is 6.13. The highest BCUT2D eigenvalue weighted by Crippen LogP contribution is 2.32. The standard InChI is InChI=1S/C13H13NO7/c1-2-18-13(17)14-11(15)6-19-12(16)8-3-4-9-10(5-8)21-7-20-9/h3-5H,2,6-7H2,1H3,(H,14,15,17). The lowest BCUT2D eigenvalue weighted by atomic mass is 10.2. The summed E-state index contributed by atoms with van der Waals surface area (Å²) in [5.41, 5.74) is 0.211. The summed E-state index contributed by atoms with van der Waals surface area (Å²) in [6.07, 6.45) is -0.887. The predicted molar refractivity (Wildman–Crippen MR) is 68.0 cm³/mol. The number of nitrogens with one attached hydrogen (secondary N) is 1. The van der Waals surface area contributed by atoms with Crippen molar-refractivity contribution in [1.82, 2.24) is 5.32 Å². The molecule has 0 spiro atoms. The van der Waals surface area contributed by atoms with Crippen LogP contribution < -0.4 is 14.8 Å². The van der Waals surface area contributed by atoms with Gasteiger partial charge in [0.25, 0.3) is 5.91 Å². The van der Waals surface area contributed by atoms with Crippen LogP contribution in [-0.2, 0) is 14.3 Å². The smallest absolute Gasteiger partial charge is 0.413 e. The summed E-state index contributed by atoms with van der Waals surface area (Å²) >= 11 is 0. The number of ether oxygens (including phenoxy) is 4. The highest BCUT2D eigenvalue weighted by Gasteiger charge is 2.18. The number of benzene rings is 1. The molecule has 1 N–H and O–H groups in total. The molecule has 112 valence electrons. The first-order chi connectivity index (χ1) is 10.1. The maximum atomic E-state index is 11.7. The Kier molecular flexibility index (Phi) is 4.60. The minimum Gasteiger partial charge on any atom is -0.454 e. The molecule has 1 aliphatic rings. The van der Waals surface area contributed by atoms with Crippen molar-refractivity contribution < 1.29 is 33.3 Å². The Hall–Kier alpha value is -2.77. The molecular formula is C13H13NO7. The molecule has 21 heavy (non-hydrogen) atoms. The van der Waals surface area contributed by atoms with Crippen LogP contribution in [0, 0.1) is 0 Å². The molecule has 0 fully saturated rings. The second-order valence-electron chi connectivity index (χ2n) is 3.91. The average molecular weight is 295 g/mol. The van der Waals surface area contributed by atoms with Gasteiger partial charge in [0.1, 0.15) is 0 Å². The lowest BCUT2D eigenvalue weighted by molar-refractivity contribution is -0.123. The topological polar surface area (TPSA) is 100 Å². The fourth-order valence-corrected chi connectivity index (χ4v) is 1.56. The SMILES string of the molecule is CCOC(=O)NC(=O)COC(=O)c1ccc2c(c1)OCO2. The third-order valence-electron chi connectivity index (χ3n) is 2.46. The average Bonchev–Trinajstić information content (AvgIpc) is 2.92. The van der Waals surface area contributed by atoms with Gasteiger partial charge >= 0.3 is 12.1 Å². The van der Waals surface area contributed by atoms with E-state index in [4.69, 9.17) is 14.2 Å². The minimum absolute atomic E-state index is 0.0930. The van der Waals surface area contributed by atoms with Crippen LogP contribution in [0.1, 0.15) is 17.3 Å². The number of carbonyl (C=O) groups excluding carboxylic acids is 3. The van der Waals surface area contributed by atoms with E-state index >= 15 is 0 Å². The monoisotopic (exact) mass is 295 g/mol. The van der Waals surface area contributed by atoms with Gasteiger partial charge in [-0.15, -0.1) is 0 Å². The van der Waals surface area contributed by atoms with Crippen LogP contribution in [0.3, 0.4) is 0 Å². The van der Waals surface area contributed by atoms with Crippen molar-refractivity contribution in [1.29, 1.82) is 0 Å². The van der Waals surface area contributed by atoms with Crippen molar-refractivity contribution in [2.45, 2.75) is 6.92 Å². The number of imide groups is 1. The molecule has 0 bridgehead atoms. The Morgan fingerprint density at radius 2 is 1.95 bits per heavy atom. The number of amides is 2. The van der Waals surface area contributed by atoms with Crippen LogP contribution >= 0.6 is 0 Å². The third-order valence-corrected chi connectivity index (χ3v) is 2.46. The summed E-state index contributed by atoms with van der Waals surface area (Å²) in [5.74, 6) is -0.526. The van der Waals surface area contributed by atoms with Crippen molar-refractivity contribution in [2.24, 2.45) is 0 Å². The second kappa shape index (κ2) is 6.60. The van der Waals surface area contributed by atoms with Gasteiger partial charge in [-0.3, -0.25) is 10.1 Å². The van der Waals surface area contributed by atoms with Gasteiger partial charge in [-0.25, -0.2) is 9.59 Å². The van der Waals surface area contributed by atoms with Gasteiger partial charge in [-0.05, 0) is 25.1 Å². The molecular weight excluding hydrogens is 282 g/mol. The molecule has 1 heterocycles. The van der Waals surface area contributed by atoms with Crippen molar-refractivity contribution in [2.75, 3.05) is 20.0 Å². The molecule has 1 aromatic rings. The van der Waals surface area contributed by atoms with Gasteiger partial charge < -0.3 is 18.9 Å². The van der Waals surface area contributed by atoms with Gasteiger partial charge in [0.2, 0.25) is 6.79 Å². The van der Waals surface area contributed by atoms with Gasteiger partial charge in [0, 0.05) is 0 Å². The van der Waals surface area contributed by atoms with Crippen molar-refractivity contribution in [3.63, 3.8) is 0 Å². The number of esters is 1. The number of hydrogen-bond donors (Lipinski definition) is 1. The summed E-state index contributed by atoms with van der Waals surface area (Å²) in [5, 5.41) is 1.91. The Labute approximate surface area is 119 Å². The molecule has 0 saturated heterocycles. The molecule has 0 atom stereocenters. The van der Waals surface area contributed by atoms with Crippen molar-refractivity contribution >= 4 is 18.0 Å². The molecule has 0 aromatic heterocycles. The van der Waals surface area contributed by atoms with E-state index in [1.807, 2.05) is 5.32 Å². The zero-order chi connectivity index (χ0) is 15.2. The van der Waals surface area contributed by atoms with Gasteiger partial charge in [0.15, 0.2) is 18.1 Å². The van der Waals surface area contributed by atoms with E-state index in [1.165, 1.54) is 12.1 Å². The Bertz CT molecular complexity index is 570. The summed E-state index contributed by atoms with van der Waals surface area (Å²) in [6.45, 7) is 1.24. The Morgan fingerprint density at radius 1 is 1.19 bits per heavy atom. The molecule has 1 aromatic carbocycles. The van der Waals surface area contributed by atoms with Crippen LogP contribution in [-0.4, -0.2) is 38.0 Å². The van der Waals surface area contributed by atoms with Crippen LogP contribution in [0.15, 0.2) is 18.2 Å². The van der Waals surface area contributed by atoms with Gasteiger partial charge in [-0.1, -0.05) is 0 Å². The maximum absolute atomic E-state index is 11.7. The highest BCUT2D eigenvalue weighted by molar-refractivity contribution is 5.95. The summed E-state index contributed by atoms with van der Waals surface area (Å²) < 4.78 is 19.5. The summed E-state index contributed by atoms with van der Waals surface area (Å²) in [7, 11) is 0. The molecule has 0 aliphatic carbocycles. The lowest BCUT2D eigenvalue weighted by Gasteiger charge is -2.06. The van der Waals surface area contributed by atoms with Crippen molar-refractivity contribution in [3.8, 4) is 11.5 Å². The number of fused-ring (bicyclic) bond motifs is 1. The summed E-state index contributed by atoms with van der Waals surface area (Å²) in [4.78, 5) is 34.0. The zero-order valence-corrected chi connectivity index (χ0v) is 11.2. The Morgan fingerprint density at radius 3 is 2.71 bits per heavy atom. The fourth-order valence-electron chi connectivity index (χ4n) is 1.56. The van der Waals surface area contributed by atoms with E-state index < -0.39 is 24.6 Å². The van der Waals surface area contributed by atoms with E-state index in [0.29, 0.717) is 11.5 Å². The minimum atomic E-state index is -0.887. The summed E-state index contributed by atoms with van der Waals surface area (Å²) in [6, 6.07) is 4.50. The van der Waals surface area contributed by atoms with Gasteiger partial charge in [0.05, 0.1) is 12.2 Å². The van der Waals surface area contributed by atoms with E-state index in [-0.39, 0.29) is 19.0 Å². The number of alkyl carbamates (subject to hydrolysis) is 1. The quantitative estimate of drug-likeness (QED) is 0.821. The fraction of sp³-hybridized carbons (Fsp3) is 0.308. The van der Waals surface area contributed by atoms with E-state index in [9.17, 15) is 14.4 Å². The molecule has 0 saturated carbocycles. The van der Waals surface area contributed by atoms with Crippen LogP contribution in [0.25, 0.3) is 0 Å². The number of carbonyl (C=O) groups is 3. The number of rotatable bonds is 4. The molecule has 2 rings (SSSR count). The molecule has 2 amide bonds. The van der Waals surface area contributed by atoms with Crippen LogP contribution in [0.2, 0.25) is 0 Å². The first-order valence-electron chi connectivity index (χ1n) is 6.13. The first kappa shape index (κ1) is 14.6. The number of hydrogen-bond acceptors (Lipinski definition) is 7. The van der Waals surface area contributed by atoms with Crippen molar-refractivity contribution in [3.05, 3.63) is 23.8 Å². The highest BCUT2D eigenvalue weighted by atomic mass is 16.7. The Balaban J connectivity index is 1.84. The van der Waals surface area contributed by atoms with Crippen LogP contribution in [0.4, 0.5) is 4.79 Å². The van der Waals surface area contributed by atoms with E-state index in [0.717, 1.165) is 0 Å². The van der Waals surface area contributed by atoms with E-state index in [2.05, 4.69) is 4.74 Å². The second-order valence-corrected chi connectivity index (χ2v) is 3.91. The molecule has 8 nitrogen and oxygen atoms in total. The molecule has 8 heteroatoms. The lowest BCUT2D eigenvalue weighted by Crippen LogP contribution is -2.34. The van der Waals surface area contributed by atoms with E-state index in [1.54, 1.807) is 13.0 Å². The predicted octanol–water partition coefficient (Wildman–Crippen LogP) is 0.845.